The third-order valence-electron chi connectivity index (χ3n) is 14.2. The molecule has 248 valence electrons. The topological polar surface area (TPSA) is 3.24 Å². The maximum atomic E-state index is 2.70. The highest BCUT2D eigenvalue weighted by Crippen LogP contribution is 2.70. The van der Waals surface area contributed by atoms with E-state index in [0.29, 0.717) is 0 Å². The molecule has 0 amide bonds. The summed E-state index contributed by atoms with van der Waals surface area (Å²) in [5.74, 6) is 3.32. The van der Waals surface area contributed by atoms with E-state index < -0.39 is 0 Å². The van der Waals surface area contributed by atoms with Crippen LogP contribution in [-0.2, 0) is 10.8 Å². The van der Waals surface area contributed by atoms with Gasteiger partial charge in [0.25, 0.3) is 0 Å². The Morgan fingerprint density at radius 1 is 0.490 bits per heavy atom. The molecule has 1 spiro atoms. The third kappa shape index (κ3) is 3.58. The van der Waals surface area contributed by atoms with Gasteiger partial charge in [-0.05, 0) is 119 Å². The zero-order valence-electron chi connectivity index (χ0n) is 29.3. The number of thiophene rings is 1. The predicted molar refractivity (Wildman–Crippen MR) is 215 cm³/mol. The highest BCUT2D eigenvalue weighted by Gasteiger charge is 2.62. The Balaban J connectivity index is 1.20. The van der Waals surface area contributed by atoms with Crippen LogP contribution >= 0.6 is 11.3 Å². The van der Waals surface area contributed by atoms with Crippen molar-refractivity contribution in [1.29, 1.82) is 0 Å². The monoisotopic (exact) mass is 675 g/mol. The normalized spacial score (nSPS) is 25.7. The van der Waals surface area contributed by atoms with Gasteiger partial charge in [-0.3, -0.25) is 0 Å². The van der Waals surface area contributed by atoms with Crippen LogP contribution in [0.4, 0.5) is 17.1 Å². The number of nitrogens with zero attached hydrogens (tertiary/aromatic N) is 1. The van der Waals surface area contributed by atoms with Crippen LogP contribution in [0.1, 0.15) is 68.2 Å². The van der Waals surface area contributed by atoms with Crippen molar-refractivity contribution in [3.63, 3.8) is 0 Å². The van der Waals surface area contributed by atoms with Crippen LogP contribution in [0.15, 0.2) is 127 Å². The summed E-state index contributed by atoms with van der Waals surface area (Å²) in [5, 5.41) is 2.70. The van der Waals surface area contributed by atoms with Gasteiger partial charge >= 0.3 is 0 Å². The maximum absolute atomic E-state index is 2.70. The summed E-state index contributed by atoms with van der Waals surface area (Å²) < 4.78 is 2.69. The lowest BCUT2D eigenvalue weighted by atomic mass is 9.43. The Kier molecular flexibility index (Phi) is 5.69. The molecule has 1 nitrogen and oxygen atoms in total. The van der Waals surface area contributed by atoms with E-state index in [1.807, 2.05) is 11.3 Å². The average molecular weight is 676 g/mol. The zero-order valence-corrected chi connectivity index (χ0v) is 30.1. The summed E-state index contributed by atoms with van der Waals surface area (Å²) in [6, 6.07) is 49.3. The lowest BCUT2D eigenvalue weighted by Crippen LogP contribution is -2.55. The Labute approximate surface area is 304 Å². The fourth-order valence-corrected chi connectivity index (χ4v) is 13.7. The summed E-state index contributed by atoms with van der Waals surface area (Å²) in [6.07, 6.45) is 7.06. The van der Waals surface area contributed by atoms with E-state index in [4.69, 9.17) is 0 Å². The van der Waals surface area contributed by atoms with Crippen LogP contribution in [0.2, 0.25) is 0 Å². The van der Waals surface area contributed by atoms with Crippen molar-refractivity contribution >= 4 is 48.6 Å². The molecule has 1 heterocycles. The lowest BCUT2D eigenvalue weighted by Gasteiger charge is -2.61. The molecule has 4 fully saturated rings. The van der Waals surface area contributed by atoms with Crippen molar-refractivity contribution in [2.24, 2.45) is 23.7 Å². The van der Waals surface area contributed by atoms with Crippen molar-refractivity contribution in [2.45, 2.75) is 56.8 Å². The molecule has 0 N–H and O–H groups in total. The second kappa shape index (κ2) is 10.0. The molecule has 0 radical (unpaired) electrons. The molecule has 6 aromatic carbocycles. The molecular formula is C49H41NS. The molecule has 1 aromatic heterocycles. The Morgan fingerprint density at radius 3 is 1.76 bits per heavy atom. The number of fused-ring (bicyclic) bond motifs is 9. The van der Waals surface area contributed by atoms with Gasteiger partial charge in [-0.2, -0.15) is 0 Å². The van der Waals surface area contributed by atoms with Gasteiger partial charge in [-0.25, -0.2) is 0 Å². The first kappa shape index (κ1) is 29.0. The average Bonchev–Trinajstić information content (AvgIpc) is 3.76. The Morgan fingerprint density at radius 2 is 1.02 bits per heavy atom. The first-order valence-corrected chi connectivity index (χ1v) is 20.0. The molecule has 0 unspecified atom stereocenters. The molecule has 6 aliphatic rings. The highest BCUT2D eigenvalue weighted by atomic mass is 32.1. The molecule has 7 aromatic rings. The maximum Gasteiger partial charge on any atom is 0.0555 e. The zero-order chi connectivity index (χ0) is 33.6. The highest BCUT2D eigenvalue weighted by molar-refractivity contribution is 7.26. The molecule has 0 aliphatic heterocycles. The van der Waals surface area contributed by atoms with Gasteiger partial charge in [-0.1, -0.05) is 111 Å². The molecule has 0 saturated heterocycles. The van der Waals surface area contributed by atoms with Crippen molar-refractivity contribution in [1.82, 2.24) is 0 Å². The van der Waals surface area contributed by atoms with E-state index in [1.54, 1.807) is 11.1 Å². The van der Waals surface area contributed by atoms with E-state index >= 15 is 0 Å². The van der Waals surface area contributed by atoms with Gasteiger partial charge in [0, 0.05) is 42.1 Å². The molecule has 4 bridgehead atoms. The third-order valence-corrected chi connectivity index (χ3v) is 15.4. The quantitative estimate of drug-likeness (QED) is 0.180. The molecule has 51 heavy (non-hydrogen) atoms. The summed E-state index contributed by atoms with van der Waals surface area (Å²) in [7, 11) is 0. The molecule has 4 saturated carbocycles. The van der Waals surface area contributed by atoms with E-state index in [1.165, 1.54) is 103 Å². The van der Waals surface area contributed by atoms with Crippen LogP contribution in [0.5, 0.6) is 0 Å². The van der Waals surface area contributed by atoms with Crippen LogP contribution in [0.25, 0.3) is 42.4 Å². The van der Waals surface area contributed by atoms with Crippen molar-refractivity contribution in [3.05, 3.63) is 150 Å². The summed E-state index contributed by atoms with van der Waals surface area (Å²) in [4.78, 5) is 2.70. The van der Waals surface area contributed by atoms with E-state index in [2.05, 4.69) is 146 Å². The van der Waals surface area contributed by atoms with Crippen LogP contribution in [-0.4, -0.2) is 0 Å². The minimum Gasteiger partial charge on any atom is -0.309 e. The minimum atomic E-state index is -0.0790. The smallest absolute Gasteiger partial charge is 0.0555 e. The first-order chi connectivity index (χ1) is 25.0. The summed E-state index contributed by atoms with van der Waals surface area (Å²) in [5.41, 5.74) is 15.7. The standard InChI is InChI=1S/C49H41NS/c1-48(2)36-15-6-3-12-33(36)45-38(48)17-9-19-40(45)50(42-21-11-23-44-47(42)35-14-5-8-22-43(35)51-44)41-20-10-18-39-46(41)34-13-4-7-16-37(34)49(39)31-25-29-24-30(27-31)28-32(49)26-29/h3-23,29-32H,24-28H2,1-2H3. The second-order valence-corrected chi connectivity index (χ2v) is 18.0. The van der Waals surface area contributed by atoms with Crippen molar-refractivity contribution in [2.75, 3.05) is 4.90 Å². The van der Waals surface area contributed by atoms with Gasteiger partial charge in [0.2, 0.25) is 0 Å². The summed E-state index contributed by atoms with van der Waals surface area (Å²) in [6.45, 7) is 4.82. The van der Waals surface area contributed by atoms with Gasteiger partial charge in [-0.15, -0.1) is 11.3 Å². The Bertz CT molecular complexity index is 2570. The van der Waals surface area contributed by atoms with Gasteiger partial charge in [0.05, 0.1) is 17.1 Å². The van der Waals surface area contributed by atoms with Crippen LogP contribution in [0, 0.1) is 23.7 Å². The molecule has 6 aliphatic carbocycles. The SMILES string of the molecule is CC1(C)c2ccccc2-c2c(N(c3cccc4c3-c3ccccc3C43C4CC5CC(C4)CC3C5)c3cccc4sc5ccccc5c34)cccc21. The number of benzene rings is 6. The largest absolute Gasteiger partial charge is 0.309 e. The second-order valence-electron chi connectivity index (χ2n) is 16.9. The Hall–Kier alpha value is -4.66. The first-order valence-electron chi connectivity index (χ1n) is 19.2. The van der Waals surface area contributed by atoms with E-state index in [-0.39, 0.29) is 10.8 Å². The van der Waals surface area contributed by atoms with Crippen LogP contribution in [0.3, 0.4) is 0 Å². The van der Waals surface area contributed by atoms with Gasteiger partial charge in [0.1, 0.15) is 0 Å². The van der Waals surface area contributed by atoms with Crippen molar-refractivity contribution in [3.8, 4) is 22.3 Å². The number of anilines is 3. The fraction of sp³-hybridized carbons (Fsp3) is 0.265. The molecular weight excluding hydrogens is 635 g/mol. The number of rotatable bonds is 3. The number of hydrogen-bond acceptors (Lipinski definition) is 2. The summed E-state index contributed by atoms with van der Waals surface area (Å²) >= 11 is 1.92. The predicted octanol–water partition coefficient (Wildman–Crippen LogP) is 13.6. The molecule has 0 atom stereocenters. The van der Waals surface area contributed by atoms with E-state index in [9.17, 15) is 0 Å². The molecule has 2 heteroatoms. The van der Waals surface area contributed by atoms with E-state index in [0.717, 1.165) is 23.7 Å². The number of hydrogen-bond donors (Lipinski definition) is 0. The molecule has 13 rings (SSSR count). The minimum absolute atomic E-state index is 0.0790. The fourth-order valence-electron chi connectivity index (χ4n) is 12.6. The lowest BCUT2D eigenvalue weighted by molar-refractivity contribution is -0.0399. The van der Waals surface area contributed by atoms with Crippen LogP contribution < -0.4 is 4.90 Å². The van der Waals surface area contributed by atoms with Gasteiger partial charge in [0.15, 0.2) is 0 Å². The van der Waals surface area contributed by atoms with Crippen molar-refractivity contribution < 1.29 is 0 Å². The van der Waals surface area contributed by atoms with Gasteiger partial charge < -0.3 is 4.90 Å².